The average Bonchev–Trinajstić information content (AvgIpc) is 3.43. The molecule has 1 atom stereocenters. The van der Waals surface area contributed by atoms with E-state index < -0.39 is 35.2 Å². The molecule has 4 aromatic rings. The van der Waals surface area contributed by atoms with Crippen LogP contribution in [0, 0.1) is 0 Å². The highest BCUT2D eigenvalue weighted by Crippen LogP contribution is 2.41. The van der Waals surface area contributed by atoms with Crippen LogP contribution in [0.4, 0.5) is 13.2 Å². The van der Waals surface area contributed by atoms with Crippen molar-refractivity contribution < 1.29 is 37.0 Å². The maximum absolute atomic E-state index is 13.6. The van der Waals surface area contributed by atoms with Crippen LogP contribution in [0.15, 0.2) is 94.6 Å². The number of furan rings is 1. The Balaban J connectivity index is 1.59. The lowest BCUT2D eigenvalue weighted by molar-refractivity contribution is -0.137. The fourth-order valence-corrected chi connectivity index (χ4v) is 4.48. The van der Waals surface area contributed by atoms with Gasteiger partial charge in [0.2, 0.25) is 5.78 Å². The average molecular weight is 507 g/mol. The quantitative estimate of drug-likeness (QED) is 0.313. The summed E-state index contributed by atoms with van der Waals surface area (Å²) in [5, 5.41) is 11.5. The molecular weight excluding hydrogens is 487 g/mol. The molecule has 9 heteroatoms. The summed E-state index contributed by atoms with van der Waals surface area (Å²) in [6.45, 7) is -0.286. The number of ether oxygens (including phenoxy) is 1. The van der Waals surface area contributed by atoms with Gasteiger partial charge in [0.1, 0.15) is 11.3 Å². The first-order valence-electron chi connectivity index (χ1n) is 11.2. The molecule has 6 nitrogen and oxygen atoms in total. The van der Waals surface area contributed by atoms with Crippen molar-refractivity contribution in [3.63, 3.8) is 0 Å². The van der Waals surface area contributed by atoms with Gasteiger partial charge in [-0.05, 0) is 47.5 Å². The van der Waals surface area contributed by atoms with Crippen LogP contribution in [0.2, 0.25) is 0 Å². The summed E-state index contributed by atoms with van der Waals surface area (Å²) in [5.41, 5.74) is -0.0341. The molecule has 0 bridgehead atoms. The molecule has 0 saturated heterocycles. The summed E-state index contributed by atoms with van der Waals surface area (Å²) in [6, 6.07) is 18.5. The van der Waals surface area contributed by atoms with Crippen molar-refractivity contribution in [3.05, 3.63) is 113 Å². The SMILES string of the molecule is COc1cccc(C2C(C(=O)c3cc4ccccc4o3)=C(O)C(=O)N2Cc2cccc(C(F)(F)F)c2)c1. The van der Waals surface area contributed by atoms with Crippen molar-refractivity contribution in [3.8, 4) is 5.75 Å². The summed E-state index contributed by atoms with van der Waals surface area (Å²) in [4.78, 5) is 28.0. The lowest BCUT2D eigenvalue weighted by atomic mass is 9.94. The van der Waals surface area contributed by atoms with Crippen LogP contribution in [-0.2, 0) is 17.5 Å². The highest BCUT2D eigenvalue weighted by Gasteiger charge is 2.45. The molecule has 1 unspecified atom stereocenters. The predicted molar refractivity (Wildman–Crippen MR) is 128 cm³/mol. The zero-order valence-electron chi connectivity index (χ0n) is 19.5. The van der Waals surface area contributed by atoms with Gasteiger partial charge in [-0.1, -0.05) is 42.5 Å². The number of carbonyl (C=O) groups is 2. The Hall–Kier alpha value is -4.53. The van der Waals surface area contributed by atoms with E-state index in [4.69, 9.17) is 9.15 Å². The minimum Gasteiger partial charge on any atom is -0.503 e. The van der Waals surface area contributed by atoms with Gasteiger partial charge in [0.25, 0.3) is 5.91 Å². The van der Waals surface area contributed by atoms with Gasteiger partial charge >= 0.3 is 6.18 Å². The van der Waals surface area contributed by atoms with Crippen molar-refractivity contribution in [2.75, 3.05) is 7.11 Å². The zero-order valence-corrected chi connectivity index (χ0v) is 19.5. The van der Waals surface area contributed by atoms with Gasteiger partial charge in [-0.15, -0.1) is 0 Å². The molecule has 0 radical (unpaired) electrons. The van der Waals surface area contributed by atoms with Crippen LogP contribution in [0.5, 0.6) is 5.75 Å². The Morgan fingerprint density at radius 3 is 2.51 bits per heavy atom. The number of ketones is 1. The van der Waals surface area contributed by atoms with E-state index in [1.165, 1.54) is 25.3 Å². The monoisotopic (exact) mass is 507 g/mol. The third-order valence-electron chi connectivity index (χ3n) is 6.21. The van der Waals surface area contributed by atoms with Gasteiger partial charge in [0, 0.05) is 11.9 Å². The summed E-state index contributed by atoms with van der Waals surface area (Å²) < 4.78 is 50.8. The first-order chi connectivity index (χ1) is 17.7. The van der Waals surface area contributed by atoms with E-state index in [0.29, 0.717) is 22.3 Å². The number of hydrogen-bond acceptors (Lipinski definition) is 5. The number of aliphatic hydroxyl groups excluding tert-OH is 1. The van der Waals surface area contributed by atoms with Crippen molar-refractivity contribution in [1.29, 1.82) is 0 Å². The van der Waals surface area contributed by atoms with E-state index >= 15 is 0 Å². The van der Waals surface area contributed by atoms with Crippen LogP contribution in [0.3, 0.4) is 0 Å². The van der Waals surface area contributed by atoms with Gasteiger partial charge in [0.15, 0.2) is 11.5 Å². The summed E-state index contributed by atoms with van der Waals surface area (Å²) >= 11 is 0. The van der Waals surface area contributed by atoms with Crippen LogP contribution >= 0.6 is 0 Å². The van der Waals surface area contributed by atoms with Gasteiger partial charge in [-0.25, -0.2) is 0 Å². The number of methoxy groups -OCH3 is 1. The number of aliphatic hydroxyl groups is 1. The molecule has 37 heavy (non-hydrogen) atoms. The number of carbonyl (C=O) groups excluding carboxylic acids is 2. The highest BCUT2D eigenvalue weighted by molar-refractivity contribution is 6.16. The number of para-hydroxylation sites is 1. The minimum atomic E-state index is -4.57. The molecule has 1 amide bonds. The van der Waals surface area contributed by atoms with Crippen molar-refractivity contribution in [2.45, 2.75) is 18.8 Å². The Kier molecular flexibility index (Phi) is 5.99. The molecule has 3 aromatic carbocycles. The number of fused-ring (bicyclic) bond motifs is 1. The van der Waals surface area contributed by atoms with E-state index in [1.807, 2.05) is 0 Å². The maximum Gasteiger partial charge on any atom is 0.416 e. The molecule has 2 heterocycles. The van der Waals surface area contributed by atoms with Gasteiger partial charge in [-0.3, -0.25) is 9.59 Å². The second-order valence-corrected chi connectivity index (χ2v) is 8.55. The van der Waals surface area contributed by atoms with Crippen molar-refractivity contribution in [2.24, 2.45) is 0 Å². The van der Waals surface area contributed by atoms with Crippen molar-refractivity contribution in [1.82, 2.24) is 4.90 Å². The van der Waals surface area contributed by atoms with E-state index in [1.54, 1.807) is 48.5 Å². The molecular formula is C28H20F3NO5. The van der Waals surface area contributed by atoms with E-state index in [2.05, 4.69) is 0 Å². The second kappa shape index (κ2) is 9.16. The fourth-order valence-electron chi connectivity index (χ4n) is 4.48. The zero-order chi connectivity index (χ0) is 26.3. The lowest BCUT2D eigenvalue weighted by Gasteiger charge is -2.27. The van der Waals surface area contributed by atoms with Gasteiger partial charge < -0.3 is 19.2 Å². The normalized spacial score (nSPS) is 16.1. The molecule has 1 N–H and O–H groups in total. The van der Waals surface area contributed by atoms with Crippen LogP contribution in [0.25, 0.3) is 11.0 Å². The second-order valence-electron chi connectivity index (χ2n) is 8.55. The fraction of sp³-hybridized carbons (Fsp3) is 0.143. The standard InChI is InChI=1S/C28H20F3NO5/c1-36-20-10-5-8-18(13-20)24-23(25(33)22-14-17-7-2-3-11-21(17)37-22)26(34)27(35)32(24)15-16-6-4-9-19(12-16)28(29,30)31/h2-14,24,34H,15H2,1H3. The number of nitrogens with zero attached hydrogens (tertiary/aromatic N) is 1. The van der Waals surface area contributed by atoms with E-state index in [9.17, 15) is 27.9 Å². The lowest BCUT2D eigenvalue weighted by Crippen LogP contribution is -2.30. The molecule has 188 valence electrons. The van der Waals surface area contributed by atoms with E-state index in [-0.39, 0.29) is 23.4 Å². The smallest absolute Gasteiger partial charge is 0.416 e. The molecule has 1 aliphatic rings. The summed E-state index contributed by atoms with van der Waals surface area (Å²) in [5.74, 6) is -2.02. The first-order valence-corrected chi connectivity index (χ1v) is 11.2. The largest absolute Gasteiger partial charge is 0.503 e. The molecule has 0 saturated carbocycles. The molecule has 0 fully saturated rings. The first kappa shape index (κ1) is 24.2. The number of halogens is 3. The Morgan fingerprint density at radius 2 is 1.78 bits per heavy atom. The molecule has 0 spiro atoms. The third kappa shape index (κ3) is 4.44. The number of Topliss-reactive ketones (excluding diaryl/α,β-unsaturated/α-hetero) is 1. The van der Waals surface area contributed by atoms with Crippen LogP contribution in [-0.4, -0.2) is 28.8 Å². The van der Waals surface area contributed by atoms with Crippen molar-refractivity contribution >= 4 is 22.7 Å². The highest BCUT2D eigenvalue weighted by atomic mass is 19.4. The number of rotatable bonds is 6. The molecule has 5 rings (SSSR count). The number of amides is 1. The number of alkyl halides is 3. The number of benzene rings is 3. The number of hydrogen-bond donors (Lipinski definition) is 1. The molecule has 0 aliphatic carbocycles. The summed E-state index contributed by atoms with van der Waals surface area (Å²) in [6.07, 6.45) is -4.57. The summed E-state index contributed by atoms with van der Waals surface area (Å²) in [7, 11) is 1.45. The Labute approximate surface area is 209 Å². The molecule has 1 aromatic heterocycles. The van der Waals surface area contributed by atoms with Crippen LogP contribution < -0.4 is 4.74 Å². The van der Waals surface area contributed by atoms with Gasteiger partial charge in [0.05, 0.1) is 24.3 Å². The molecule has 1 aliphatic heterocycles. The topological polar surface area (TPSA) is 80.0 Å². The predicted octanol–water partition coefficient (Wildman–Crippen LogP) is 6.24. The van der Waals surface area contributed by atoms with E-state index in [0.717, 1.165) is 17.0 Å². The van der Waals surface area contributed by atoms with Gasteiger partial charge in [-0.2, -0.15) is 13.2 Å². The maximum atomic E-state index is 13.6. The Morgan fingerprint density at radius 1 is 1.03 bits per heavy atom. The minimum absolute atomic E-state index is 0.0793. The van der Waals surface area contributed by atoms with Crippen LogP contribution in [0.1, 0.15) is 33.3 Å². The Bertz CT molecular complexity index is 1520. The third-order valence-corrected chi connectivity index (χ3v) is 6.21.